The number of nitrogens with zero attached hydrogens (tertiary/aromatic N) is 4. The van der Waals surface area contributed by atoms with Gasteiger partial charge in [0.1, 0.15) is 5.75 Å². The molecule has 0 atom stereocenters. The number of hydrogen-bond donors (Lipinski definition) is 0. The summed E-state index contributed by atoms with van der Waals surface area (Å²) in [5.41, 5.74) is 3.65. The van der Waals surface area contributed by atoms with Gasteiger partial charge in [0.05, 0.1) is 22.7 Å². The van der Waals surface area contributed by atoms with Crippen molar-refractivity contribution in [1.82, 2.24) is 0 Å². The van der Waals surface area contributed by atoms with E-state index in [2.05, 4.69) is 27.0 Å². The predicted molar refractivity (Wildman–Crippen MR) is 108 cm³/mol. The Morgan fingerprint density at radius 3 is 1.82 bits per heavy atom. The molecular formula is C22H18N4O2. The van der Waals surface area contributed by atoms with Crippen molar-refractivity contribution in [2.45, 2.75) is 6.92 Å². The van der Waals surface area contributed by atoms with Crippen LogP contribution in [0.5, 0.6) is 5.75 Å². The summed E-state index contributed by atoms with van der Waals surface area (Å²) >= 11 is 0. The molecule has 0 aliphatic carbocycles. The zero-order valence-corrected chi connectivity index (χ0v) is 15.3. The van der Waals surface area contributed by atoms with Gasteiger partial charge in [-0.15, -0.1) is 0 Å². The predicted octanol–water partition coefficient (Wildman–Crippen LogP) is 6.92. The molecule has 28 heavy (non-hydrogen) atoms. The fourth-order valence-corrected chi connectivity index (χ4v) is 2.27. The summed E-state index contributed by atoms with van der Waals surface area (Å²) in [7, 11) is 0. The van der Waals surface area contributed by atoms with E-state index in [9.17, 15) is 4.79 Å². The maximum absolute atomic E-state index is 11.3. The van der Waals surface area contributed by atoms with E-state index >= 15 is 0 Å². The van der Waals surface area contributed by atoms with Crippen LogP contribution in [0.2, 0.25) is 0 Å². The van der Waals surface area contributed by atoms with Gasteiger partial charge in [0.15, 0.2) is 0 Å². The normalized spacial score (nSPS) is 11.0. The lowest BCUT2D eigenvalue weighted by molar-refractivity contribution is -0.129. The van der Waals surface area contributed by atoms with Gasteiger partial charge in [0.2, 0.25) is 0 Å². The van der Waals surface area contributed by atoms with Crippen molar-refractivity contribution in [3.05, 3.63) is 91.0 Å². The highest BCUT2D eigenvalue weighted by Crippen LogP contribution is 2.26. The minimum Gasteiger partial charge on any atom is -0.423 e. The fraction of sp³-hybridized carbons (Fsp3) is 0.0455. The highest BCUT2D eigenvalue weighted by Gasteiger charge is 2.04. The number of carbonyl (C=O) groups excluding carboxylic acids is 1. The highest BCUT2D eigenvalue weighted by atomic mass is 16.5. The second kappa shape index (κ2) is 9.14. The van der Waals surface area contributed by atoms with Crippen LogP contribution in [0.3, 0.4) is 0 Å². The van der Waals surface area contributed by atoms with Crippen LogP contribution in [0.25, 0.3) is 0 Å². The quantitative estimate of drug-likeness (QED) is 0.204. The van der Waals surface area contributed by atoms with E-state index in [1.807, 2.05) is 61.5 Å². The Balaban J connectivity index is 1.66. The van der Waals surface area contributed by atoms with Crippen LogP contribution < -0.4 is 4.74 Å². The van der Waals surface area contributed by atoms with E-state index in [1.165, 1.54) is 0 Å². The summed E-state index contributed by atoms with van der Waals surface area (Å²) in [6, 6.07) is 22.0. The number of aryl methyl sites for hydroxylation is 1. The molecule has 6 nitrogen and oxygen atoms in total. The third-order valence-corrected chi connectivity index (χ3v) is 3.70. The van der Waals surface area contributed by atoms with E-state index in [0.29, 0.717) is 17.1 Å². The lowest BCUT2D eigenvalue weighted by Crippen LogP contribution is -2.03. The zero-order valence-electron chi connectivity index (χ0n) is 15.3. The number of benzene rings is 3. The van der Waals surface area contributed by atoms with E-state index < -0.39 is 5.97 Å². The molecule has 3 aromatic rings. The van der Waals surface area contributed by atoms with E-state index in [1.54, 1.807) is 18.2 Å². The molecule has 3 rings (SSSR count). The number of esters is 1. The average molecular weight is 370 g/mol. The molecule has 0 saturated carbocycles. The summed E-state index contributed by atoms with van der Waals surface area (Å²) in [5, 5.41) is 16.8. The minimum absolute atomic E-state index is 0.469. The molecule has 0 radical (unpaired) electrons. The third-order valence-electron chi connectivity index (χ3n) is 3.70. The minimum atomic E-state index is -0.498. The van der Waals surface area contributed by atoms with Gasteiger partial charge < -0.3 is 4.74 Å². The molecular weight excluding hydrogens is 352 g/mol. The van der Waals surface area contributed by atoms with Gasteiger partial charge in [-0.3, -0.25) is 0 Å². The number of carbonyl (C=O) groups is 1. The second-order valence-electron chi connectivity index (χ2n) is 5.83. The van der Waals surface area contributed by atoms with E-state index in [-0.39, 0.29) is 0 Å². The second-order valence-corrected chi connectivity index (χ2v) is 5.83. The Morgan fingerprint density at radius 1 is 0.786 bits per heavy atom. The standard InChI is InChI=1S/C22H18N4O2/c1-3-22(27)28-21-14-13-20(15-16(21)2)26-25-19-11-9-18(10-12-19)24-23-17-7-5-4-6-8-17/h3-15H,1H2,2H3/b24-23+,26-25+. The SMILES string of the molecule is C=CC(=O)Oc1ccc(/N=N/c2ccc(/N=N/c3ccccc3)cc2)cc1C. The van der Waals surface area contributed by atoms with Gasteiger partial charge in [-0.25, -0.2) is 4.79 Å². The lowest BCUT2D eigenvalue weighted by atomic mass is 10.2. The summed E-state index contributed by atoms with van der Waals surface area (Å²) in [5.74, 6) is -0.0287. The molecule has 0 spiro atoms. The zero-order chi connectivity index (χ0) is 19.8. The summed E-state index contributed by atoms with van der Waals surface area (Å²) < 4.78 is 5.13. The molecule has 0 aliphatic heterocycles. The summed E-state index contributed by atoms with van der Waals surface area (Å²) in [6.45, 7) is 5.21. The Morgan fingerprint density at radius 2 is 1.29 bits per heavy atom. The van der Waals surface area contributed by atoms with E-state index in [0.717, 1.165) is 23.0 Å². The summed E-state index contributed by atoms with van der Waals surface area (Å²) in [4.78, 5) is 11.3. The van der Waals surface area contributed by atoms with Crippen molar-refractivity contribution in [2.24, 2.45) is 20.5 Å². The highest BCUT2D eigenvalue weighted by molar-refractivity contribution is 5.83. The first kappa shape index (κ1) is 18.8. The van der Waals surface area contributed by atoms with Crippen LogP contribution in [0.4, 0.5) is 22.7 Å². The molecule has 3 aromatic carbocycles. The van der Waals surface area contributed by atoms with Crippen LogP contribution in [0.15, 0.2) is 106 Å². The first-order chi connectivity index (χ1) is 13.6. The molecule has 0 amide bonds. The van der Waals surface area contributed by atoms with Crippen molar-refractivity contribution in [1.29, 1.82) is 0 Å². The van der Waals surface area contributed by atoms with E-state index in [4.69, 9.17) is 4.74 Å². The van der Waals surface area contributed by atoms with Gasteiger partial charge in [0, 0.05) is 6.08 Å². The van der Waals surface area contributed by atoms with Crippen molar-refractivity contribution in [3.8, 4) is 5.75 Å². The van der Waals surface area contributed by atoms with Crippen LogP contribution in [-0.4, -0.2) is 5.97 Å². The number of ether oxygens (including phenoxy) is 1. The lowest BCUT2D eigenvalue weighted by Gasteiger charge is -2.05. The smallest absolute Gasteiger partial charge is 0.335 e. The average Bonchev–Trinajstić information content (AvgIpc) is 2.74. The third kappa shape index (κ3) is 5.28. The molecule has 0 fully saturated rings. The van der Waals surface area contributed by atoms with Gasteiger partial charge in [-0.1, -0.05) is 24.8 Å². The van der Waals surface area contributed by atoms with Crippen molar-refractivity contribution >= 4 is 28.7 Å². The molecule has 138 valence electrons. The summed E-state index contributed by atoms with van der Waals surface area (Å²) in [6.07, 6.45) is 1.12. The molecule has 0 heterocycles. The largest absolute Gasteiger partial charge is 0.423 e. The van der Waals surface area contributed by atoms with Crippen LogP contribution in [0, 0.1) is 6.92 Å². The Hall–Kier alpha value is -3.93. The van der Waals surface area contributed by atoms with Crippen molar-refractivity contribution in [3.63, 3.8) is 0 Å². The number of hydrogen-bond acceptors (Lipinski definition) is 6. The van der Waals surface area contributed by atoms with Crippen molar-refractivity contribution < 1.29 is 9.53 Å². The topological polar surface area (TPSA) is 75.7 Å². The van der Waals surface area contributed by atoms with Crippen LogP contribution in [0.1, 0.15) is 5.56 Å². The van der Waals surface area contributed by atoms with Gasteiger partial charge in [0.25, 0.3) is 0 Å². The molecule has 0 saturated heterocycles. The Labute approximate surface area is 162 Å². The monoisotopic (exact) mass is 370 g/mol. The number of azo groups is 2. The Bertz CT molecular complexity index is 1030. The molecule has 0 aliphatic rings. The molecule has 0 unspecified atom stereocenters. The Kier molecular flexibility index (Phi) is 6.15. The maximum atomic E-state index is 11.3. The van der Waals surface area contributed by atoms with Crippen LogP contribution in [-0.2, 0) is 4.79 Å². The molecule has 0 bridgehead atoms. The number of rotatable bonds is 6. The first-order valence-corrected chi connectivity index (χ1v) is 8.57. The van der Waals surface area contributed by atoms with Crippen LogP contribution >= 0.6 is 0 Å². The maximum Gasteiger partial charge on any atom is 0.335 e. The molecule has 0 aromatic heterocycles. The van der Waals surface area contributed by atoms with Gasteiger partial charge in [-0.05, 0) is 67.1 Å². The first-order valence-electron chi connectivity index (χ1n) is 8.57. The van der Waals surface area contributed by atoms with Crippen molar-refractivity contribution in [2.75, 3.05) is 0 Å². The molecule has 6 heteroatoms. The fourth-order valence-electron chi connectivity index (χ4n) is 2.27. The van der Waals surface area contributed by atoms with Gasteiger partial charge >= 0.3 is 5.97 Å². The molecule has 0 N–H and O–H groups in total. The van der Waals surface area contributed by atoms with Gasteiger partial charge in [-0.2, -0.15) is 20.5 Å².